The van der Waals surface area contributed by atoms with Gasteiger partial charge in [-0.1, -0.05) is 30.3 Å². The fourth-order valence-electron chi connectivity index (χ4n) is 2.16. The smallest absolute Gasteiger partial charge is 0.168 e. The summed E-state index contributed by atoms with van der Waals surface area (Å²) < 4.78 is 0. The molecule has 88 valence electrons. The summed E-state index contributed by atoms with van der Waals surface area (Å²) in [6, 6.07) is 9.74. The third-order valence-electron chi connectivity index (χ3n) is 3.02. The fraction of sp³-hybridized carbons (Fsp3) is 0.286. The second-order valence-corrected chi connectivity index (χ2v) is 4.21. The number of Topliss-reactive ketones (excluding diaryl/α,β-unsaturated/α-hetero) is 2. The van der Waals surface area contributed by atoms with Gasteiger partial charge in [0.25, 0.3) is 0 Å². The van der Waals surface area contributed by atoms with Crippen LogP contribution in [0.2, 0.25) is 0 Å². The van der Waals surface area contributed by atoms with Crippen LogP contribution in [0.1, 0.15) is 24.3 Å². The van der Waals surface area contributed by atoms with E-state index in [0.717, 1.165) is 5.56 Å². The molecule has 3 heteroatoms. The Kier molecular flexibility index (Phi) is 3.38. The summed E-state index contributed by atoms with van der Waals surface area (Å²) in [5.74, 6) is -0.0980. The Hall–Kier alpha value is -1.90. The number of hydrogen-bond acceptors (Lipinski definition) is 3. The highest BCUT2D eigenvalue weighted by atomic mass is 16.1. The van der Waals surface area contributed by atoms with E-state index in [4.69, 9.17) is 0 Å². The van der Waals surface area contributed by atoms with Gasteiger partial charge in [-0.25, -0.2) is 0 Å². The van der Waals surface area contributed by atoms with E-state index in [9.17, 15) is 9.59 Å². The van der Waals surface area contributed by atoms with E-state index >= 15 is 0 Å². The lowest BCUT2D eigenvalue weighted by Gasteiger charge is -2.22. The molecule has 0 heterocycles. The number of allylic oxidation sites excluding steroid dienone is 1. The third kappa shape index (κ3) is 2.44. The zero-order valence-electron chi connectivity index (χ0n) is 9.77. The Balaban J connectivity index is 2.20. The number of carbonyl (C=O) groups is 2. The monoisotopic (exact) mass is 229 g/mol. The maximum atomic E-state index is 11.8. The van der Waals surface area contributed by atoms with Crippen LogP contribution in [-0.4, -0.2) is 18.6 Å². The van der Waals surface area contributed by atoms with Crippen LogP contribution in [0.25, 0.3) is 0 Å². The van der Waals surface area contributed by atoms with Gasteiger partial charge in [0.2, 0.25) is 0 Å². The molecule has 1 aliphatic rings. The Labute approximate surface area is 101 Å². The summed E-state index contributed by atoms with van der Waals surface area (Å²) in [6.45, 7) is 0. The van der Waals surface area contributed by atoms with Crippen LogP contribution in [0.5, 0.6) is 0 Å². The minimum Gasteiger partial charge on any atom is -0.393 e. The van der Waals surface area contributed by atoms with Crippen molar-refractivity contribution in [3.8, 4) is 0 Å². The second-order valence-electron chi connectivity index (χ2n) is 4.21. The van der Waals surface area contributed by atoms with Crippen LogP contribution in [0.4, 0.5) is 0 Å². The van der Waals surface area contributed by atoms with E-state index in [1.54, 1.807) is 7.05 Å². The maximum absolute atomic E-state index is 11.8. The first-order chi connectivity index (χ1) is 8.22. The minimum atomic E-state index is -0.0653. The average Bonchev–Trinajstić information content (AvgIpc) is 2.35. The molecule has 0 radical (unpaired) electrons. The van der Waals surface area contributed by atoms with Crippen molar-refractivity contribution >= 4 is 11.6 Å². The van der Waals surface area contributed by atoms with Crippen LogP contribution in [0, 0.1) is 0 Å². The molecule has 1 N–H and O–H groups in total. The molecule has 0 spiro atoms. The van der Waals surface area contributed by atoms with Gasteiger partial charge in [-0.05, 0) is 11.5 Å². The molecule has 3 nitrogen and oxygen atoms in total. The first-order valence-electron chi connectivity index (χ1n) is 5.71. The molecular weight excluding hydrogens is 214 g/mol. The van der Waals surface area contributed by atoms with Crippen molar-refractivity contribution < 1.29 is 9.59 Å². The van der Waals surface area contributed by atoms with Crippen molar-refractivity contribution in [1.82, 2.24) is 5.32 Å². The lowest BCUT2D eigenvalue weighted by atomic mass is 9.80. The lowest BCUT2D eigenvalue weighted by Crippen LogP contribution is -2.26. The number of carbonyl (C=O) groups excluding carboxylic acids is 2. The van der Waals surface area contributed by atoms with Crippen LogP contribution in [-0.2, 0) is 9.59 Å². The summed E-state index contributed by atoms with van der Waals surface area (Å²) >= 11 is 0. The molecule has 1 aromatic rings. The number of benzene rings is 1. The topological polar surface area (TPSA) is 46.2 Å². The zero-order chi connectivity index (χ0) is 12.3. The van der Waals surface area contributed by atoms with Crippen LogP contribution in [0.3, 0.4) is 0 Å². The van der Waals surface area contributed by atoms with Crippen molar-refractivity contribution in [1.29, 1.82) is 0 Å². The summed E-state index contributed by atoms with van der Waals surface area (Å²) in [4.78, 5) is 23.7. The second kappa shape index (κ2) is 4.95. The van der Waals surface area contributed by atoms with Crippen molar-refractivity contribution in [2.45, 2.75) is 18.8 Å². The molecule has 1 aromatic carbocycles. The molecule has 1 aliphatic carbocycles. The molecule has 0 bridgehead atoms. The van der Waals surface area contributed by atoms with E-state index in [2.05, 4.69) is 5.32 Å². The Morgan fingerprint density at radius 1 is 1.12 bits per heavy atom. The Morgan fingerprint density at radius 2 is 1.71 bits per heavy atom. The highest BCUT2D eigenvalue weighted by Gasteiger charge is 2.30. The first kappa shape index (κ1) is 11.6. The molecule has 0 aliphatic heterocycles. The van der Waals surface area contributed by atoms with Gasteiger partial charge in [-0.3, -0.25) is 9.59 Å². The van der Waals surface area contributed by atoms with Gasteiger partial charge in [-0.15, -0.1) is 0 Å². The normalized spacial score (nSPS) is 20.3. The van der Waals surface area contributed by atoms with Gasteiger partial charge < -0.3 is 5.32 Å². The summed E-state index contributed by atoms with van der Waals surface area (Å²) in [5, 5.41) is 2.75. The minimum absolute atomic E-state index is 0.0326. The molecule has 17 heavy (non-hydrogen) atoms. The lowest BCUT2D eigenvalue weighted by molar-refractivity contribution is -0.124. The maximum Gasteiger partial charge on any atom is 0.168 e. The highest BCUT2D eigenvalue weighted by Crippen LogP contribution is 2.30. The standard InChI is InChI=1S/C14H15NO2/c1-15-9-12-13(16)7-11(8-14(12)17)10-5-3-2-4-6-10/h2-6,9,11,15H,7-8H2,1H3. The average molecular weight is 229 g/mol. The van der Waals surface area contributed by atoms with Gasteiger partial charge in [-0.2, -0.15) is 0 Å². The predicted molar refractivity (Wildman–Crippen MR) is 65.6 cm³/mol. The van der Waals surface area contributed by atoms with E-state index in [0.29, 0.717) is 18.4 Å². The Morgan fingerprint density at radius 3 is 2.24 bits per heavy atom. The molecule has 0 atom stereocenters. The predicted octanol–water partition coefficient (Wildman–Crippen LogP) is 1.81. The van der Waals surface area contributed by atoms with E-state index in [1.165, 1.54) is 6.20 Å². The van der Waals surface area contributed by atoms with Crippen LogP contribution < -0.4 is 5.32 Å². The molecule has 1 fully saturated rings. The van der Waals surface area contributed by atoms with Gasteiger partial charge in [0.1, 0.15) is 0 Å². The van der Waals surface area contributed by atoms with E-state index in [1.807, 2.05) is 30.3 Å². The van der Waals surface area contributed by atoms with Gasteiger partial charge in [0.05, 0.1) is 5.57 Å². The van der Waals surface area contributed by atoms with Crippen LogP contribution >= 0.6 is 0 Å². The van der Waals surface area contributed by atoms with E-state index in [-0.39, 0.29) is 17.5 Å². The van der Waals surface area contributed by atoms with E-state index < -0.39 is 0 Å². The number of hydrogen-bond donors (Lipinski definition) is 1. The third-order valence-corrected chi connectivity index (χ3v) is 3.02. The van der Waals surface area contributed by atoms with Crippen molar-refractivity contribution in [2.24, 2.45) is 0 Å². The SMILES string of the molecule is CNC=C1C(=O)CC(c2ccccc2)CC1=O. The molecule has 0 amide bonds. The number of rotatable bonds is 2. The molecule has 2 rings (SSSR count). The Bertz CT molecular complexity index is 442. The quantitative estimate of drug-likeness (QED) is 0.621. The fourth-order valence-corrected chi connectivity index (χ4v) is 2.16. The summed E-state index contributed by atoms with van der Waals surface area (Å²) in [6.07, 6.45) is 2.35. The van der Waals surface area contributed by atoms with Crippen molar-refractivity contribution in [3.63, 3.8) is 0 Å². The van der Waals surface area contributed by atoms with Gasteiger partial charge in [0, 0.05) is 26.1 Å². The number of ketones is 2. The van der Waals surface area contributed by atoms with Crippen LogP contribution in [0.15, 0.2) is 42.1 Å². The van der Waals surface area contributed by atoms with Gasteiger partial charge in [0.15, 0.2) is 11.6 Å². The van der Waals surface area contributed by atoms with Crippen molar-refractivity contribution in [3.05, 3.63) is 47.7 Å². The van der Waals surface area contributed by atoms with Gasteiger partial charge >= 0.3 is 0 Å². The summed E-state index contributed by atoms with van der Waals surface area (Å²) in [7, 11) is 1.69. The van der Waals surface area contributed by atoms with Crippen molar-refractivity contribution in [2.75, 3.05) is 7.05 Å². The zero-order valence-corrected chi connectivity index (χ0v) is 9.77. The summed E-state index contributed by atoms with van der Waals surface area (Å²) in [5.41, 5.74) is 1.37. The molecule has 1 saturated carbocycles. The molecule has 0 unspecified atom stereocenters. The largest absolute Gasteiger partial charge is 0.393 e. The first-order valence-corrected chi connectivity index (χ1v) is 5.71. The number of nitrogens with one attached hydrogen (secondary N) is 1. The molecule has 0 aromatic heterocycles. The molecule has 0 saturated heterocycles. The molecular formula is C14H15NO2. The highest BCUT2D eigenvalue weighted by molar-refractivity contribution is 6.22.